The van der Waals surface area contributed by atoms with Gasteiger partial charge in [0.15, 0.2) is 0 Å². The molecular weight excluding hydrogens is 324 g/mol. The molecule has 1 heterocycles. The molecule has 0 N–H and O–H groups in total. The second-order valence-corrected chi connectivity index (χ2v) is 4.67. The van der Waals surface area contributed by atoms with Crippen molar-refractivity contribution >= 4 is 28.5 Å². The highest BCUT2D eigenvalue weighted by molar-refractivity contribution is 14.1. The fourth-order valence-corrected chi connectivity index (χ4v) is 2.10. The quantitative estimate of drug-likeness (QED) is 0.734. The summed E-state index contributed by atoms with van der Waals surface area (Å²) in [6, 6.07) is 4.86. The summed E-state index contributed by atoms with van der Waals surface area (Å²) >= 11 is 1.88. The molecule has 0 saturated carbocycles. The minimum Gasteiger partial charge on any atom is -0.378 e. The molecular formula is C11H11FINO2. The number of carbonyl (C=O) groups excluding carboxylic acids is 1. The van der Waals surface area contributed by atoms with Crippen LogP contribution in [-0.2, 0) is 4.74 Å². The van der Waals surface area contributed by atoms with Gasteiger partial charge < -0.3 is 9.64 Å². The summed E-state index contributed by atoms with van der Waals surface area (Å²) in [5.74, 6) is -0.682. The van der Waals surface area contributed by atoms with Crippen molar-refractivity contribution in [1.82, 2.24) is 4.90 Å². The van der Waals surface area contributed by atoms with Gasteiger partial charge >= 0.3 is 0 Å². The second-order valence-electron chi connectivity index (χ2n) is 3.51. The molecule has 3 nitrogen and oxygen atoms in total. The standard InChI is InChI=1S/C11H11FINO2/c12-10-8(2-1-3-9(10)13)11(15)14-4-6-16-7-5-14/h1-3H,4-7H2. The van der Waals surface area contributed by atoms with E-state index in [0.29, 0.717) is 29.9 Å². The summed E-state index contributed by atoms with van der Waals surface area (Å²) in [4.78, 5) is 13.6. The summed E-state index contributed by atoms with van der Waals surface area (Å²) in [6.45, 7) is 2.11. The molecule has 86 valence electrons. The van der Waals surface area contributed by atoms with Crippen LogP contribution in [0.2, 0.25) is 0 Å². The predicted molar refractivity (Wildman–Crippen MR) is 65.8 cm³/mol. The lowest BCUT2D eigenvalue weighted by atomic mass is 10.2. The van der Waals surface area contributed by atoms with Crippen molar-refractivity contribution in [1.29, 1.82) is 0 Å². The third kappa shape index (κ3) is 2.35. The van der Waals surface area contributed by atoms with E-state index in [1.807, 2.05) is 22.6 Å². The largest absolute Gasteiger partial charge is 0.378 e. The molecule has 1 amide bonds. The summed E-state index contributed by atoms with van der Waals surface area (Å²) in [6.07, 6.45) is 0. The smallest absolute Gasteiger partial charge is 0.257 e. The SMILES string of the molecule is O=C(c1cccc(I)c1F)N1CCOCC1. The van der Waals surface area contributed by atoms with E-state index in [-0.39, 0.29) is 11.5 Å². The van der Waals surface area contributed by atoms with E-state index < -0.39 is 5.82 Å². The van der Waals surface area contributed by atoms with Gasteiger partial charge in [0, 0.05) is 16.7 Å². The van der Waals surface area contributed by atoms with Crippen LogP contribution in [0.1, 0.15) is 10.4 Å². The van der Waals surface area contributed by atoms with E-state index >= 15 is 0 Å². The maximum Gasteiger partial charge on any atom is 0.257 e. The van der Waals surface area contributed by atoms with Crippen molar-refractivity contribution in [2.24, 2.45) is 0 Å². The molecule has 0 spiro atoms. The lowest BCUT2D eigenvalue weighted by Crippen LogP contribution is -2.41. The Morgan fingerprint density at radius 2 is 2.06 bits per heavy atom. The van der Waals surface area contributed by atoms with Crippen LogP contribution in [-0.4, -0.2) is 37.1 Å². The van der Waals surface area contributed by atoms with Crippen molar-refractivity contribution in [2.45, 2.75) is 0 Å². The van der Waals surface area contributed by atoms with E-state index in [9.17, 15) is 9.18 Å². The fraction of sp³-hybridized carbons (Fsp3) is 0.364. The minimum absolute atomic E-state index is 0.147. The zero-order valence-corrected chi connectivity index (χ0v) is 10.7. The number of rotatable bonds is 1. The molecule has 1 aliphatic rings. The molecule has 0 unspecified atom stereocenters. The van der Waals surface area contributed by atoms with Crippen molar-refractivity contribution in [3.63, 3.8) is 0 Å². The van der Waals surface area contributed by atoms with Crippen LogP contribution in [0.5, 0.6) is 0 Å². The molecule has 1 aromatic carbocycles. The Labute approximate surface area is 107 Å². The molecule has 1 aromatic rings. The topological polar surface area (TPSA) is 29.5 Å². The Balaban J connectivity index is 2.22. The fourth-order valence-electron chi connectivity index (χ4n) is 1.61. The van der Waals surface area contributed by atoms with Gasteiger partial charge in [-0.3, -0.25) is 4.79 Å². The van der Waals surface area contributed by atoms with Crippen LogP contribution in [0, 0.1) is 9.39 Å². The van der Waals surface area contributed by atoms with Gasteiger partial charge in [-0.15, -0.1) is 0 Å². The van der Waals surface area contributed by atoms with Crippen molar-refractivity contribution in [2.75, 3.05) is 26.3 Å². The average molecular weight is 335 g/mol. The molecule has 16 heavy (non-hydrogen) atoms. The summed E-state index contributed by atoms with van der Waals surface area (Å²) in [5, 5.41) is 0. The van der Waals surface area contributed by atoms with Crippen molar-refractivity contribution in [3.05, 3.63) is 33.1 Å². The third-order valence-corrected chi connectivity index (χ3v) is 3.31. The Hall–Kier alpha value is -0.690. The molecule has 0 aliphatic carbocycles. The number of amides is 1. The predicted octanol–water partition coefficient (Wildman–Crippen LogP) is 1.90. The lowest BCUT2D eigenvalue weighted by Gasteiger charge is -2.27. The number of hydrogen-bond donors (Lipinski definition) is 0. The van der Waals surface area contributed by atoms with Gasteiger partial charge in [0.05, 0.1) is 18.8 Å². The first-order chi connectivity index (χ1) is 7.70. The molecule has 1 saturated heterocycles. The molecule has 0 bridgehead atoms. The van der Waals surface area contributed by atoms with E-state index in [1.54, 1.807) is 17.0 Å². The second kappa shape index (κ2) is 5.09. The lowest BCUT2D eigenvalue weighted by molar-refractivity contribution is 0.0299. The number of nitrogens with zero attached hydrogens (tertiary/aromatic N) is 1. The van der Waals surface area contributed by atoms with Crippen LogP contribution < -0.4 is 0 Å². The number of ether oxygens (including phenoxy) is 1. The van der Waals surface area contributed by atoms with Gasteiger partial charge in [-0.1, -0.05) is 6.07 Å². The number of halogens is 2. The van der Waals surface area contributed by atoms with Gasteiger partial charge in [0.1, 0.15) is 5.82 Å². The number of hydrogen-bond acceptors (Lipinski definition) is 2. The van der Waals surface area contributed by atoms with Crippen LogP contribution in [0.4, 0.5) is 4.39 Å². The first kappa shape index (κ1) is 11.8. The third-order valence-electron chi connectivity index (χ3n) is 2.48. The van der Waals surface area contributed by atoms with Crippen LogP contribution in [0.25, 0.3) is 0 Å². The summed E-state index contributed by atoms with van der Waals surface area (Å²) < 4.78 is 19.3. The minimum atomic E-state index is -0.431. The molecule has 5 heteroatoms. The molecule has 1 fully saturated rings. The summed E-state index contributed by atoms with van der Waals surface area (Å²) in [7, 11) is 0. The van der Waals surface area contributed by atoms with Crippen LogP contribution in [0.3, 0.4) is 0 Å². The molecule has 0 radical (unpaired) electrons. The van der Waals surface area contributed by atoms with E-state index in [1.165, 1.54) is 6.07 Å². The van der Waals surface area contributed by atoms with Gasteiger partial charge in [-0.05, 0) is 34.7 Å². The Kier molecular flexibility index (Phi) is 3.75. The zero-order chi connectivity index (χ0) is 11.5. The van der Waals surface area contributed by atoms with Crippen molar-refractivity contribution in [3.8, 4) is 0 Å². The van der Waals surface area contributed by atoms with Crippen molar-refractivity contribution < 1.29 is 13.9 Å². The van der Waals surface area contributed by atoms with E-state index in [2.05, 4.69) is 0 Å². The number of benzene rings is 1. The highest BCUT2D eigenvalue weighted by Crippen LogP contribution is 2.17. The normalized spacial score (nSPS) is 16.2. The number of morpholine rings is 1. The molecule has 0 atom stereocenters. The summed E-state index contributed by atoms with van der Waals surface area (Å²) in [5.41, 5.74) is 0.147. The van der Waals surface area contributed by atoms with Gasteiger partial charge in [0.25, 0.3) is 5.91 Å². The first-order valence-corrected chi connectivity index (χ1v) is 6.09. The highest BCUT2D eigenvalue weighted by Gasteiger charge is 2.21. The Morgan fingerprint density at radius 3 is 2.75 bits per heavy atom. The molecule has 2 rings (SSSR count). The van der Waals surface area contributed by atoms with Crippen LogP contribution in [0.15, 0.2) is 18.2 Å². The monoisotopic (exact) mass is 335 g/mol. The average Bonchev–Trinajstić information content (AvgIpc) is 2.33. The Morgan fingerprint density at radius 1 is 1.38 bits per heavy atom. The Bertz CT molecular complexity index is 405. The molecule has 0 aromatic heterocycles. The van der Waals surface area contributed by atoms with E-state index in [0.717, 1.165) is 0 Å². The van der Waals surface area contributed by atoms with Crippen LogP contribution >= 0.6 is 22.6 Å². The zero-order valence-electron chi connectivity index (χ0n) is 8.58. The van der Waals surface area contributed by atoms with Gasteiger partial charge in [-0.2, -0.15) is 0 Å². The first-order valence-electron chi connectivity index (χ1n) is 5.01. The van der Waals surface area contributed by atoms with Gasteiger partial charge in [-0.25, -0.2) is 4.39 Å². The highest BCUT2D eigenvalue weighted by atomic mass is 127. The molecule has 1 aliphatic heterocycles. The van der Waals surface area contributed by atoms with E-state index in [4.69, 9.17) is 4.74 Å². The maximum atomic E-state index is 13.7. The number of carbonyl (C=O) groups is 1. The maximum absolute atomic E-state index is 13.7. The van der Waals surface area contributed by atoms with Gasteiger partial charge in [0.2, 0.25) is 0 Å².